The maximum atomic E-state index is 5.07. The molecule has 0 fully saturated rings. The average Bonchev–Trinajstić information content (AvgIpc) is 1.83. The summed E-state index contributed by atoms with van der Waals surface area (Å²) in [7, 11) is 0. The van der Waals surface area contributed by atoms with Crippen LogP contribution in [0.1, 0.15) is 34.6 Å². The molecule has 0 saturated heterocycles. The molecule has 0 unspecified atom stereocenters. The van der Waals surface area contributed by atoms with Crippen LogP contribution in [-0.4, -0.2) is 24.8 Å². The topological polar surface area (TPSA) is 30.5 Å². The molecular weight excluding hydrogens is 154 g/mol. The highest BCUT2D eigenvalue weighted by Gasteiger charge is 2.10. The minimum Gasteiger partial charge on any atom is -0.312 e. The van der Waals surface area contributed by atoms with E-state index in [0.29, 0.717) is 12.6 Å². The van der Waals surface area contributed by atoms with Gasteiger partial charge in [-0.15, -0.1) is 0 Å². The maximum absolute atomic E-state index is 5.07. The quantitative estimate of drug-likeness (QED) is 0.392. The second-order valence-electron chi connectivity index (χ2n) is 4.13. The monoisotopic (exact) mass is 175 g/mol. The fraction of sp³-hybridized carbons (Fsp3) is 1.00. The Morgan fingerprint density at radius 2 is 1.83 bits per heavy atom. The van der Waals surface area contributed by atoms with Crippen molar-refractivity contribution in [2.75, 3.05) is 13.2 Å². The summed E-state index contributed by atoms with van der Waals surface area (Å²) in [4.78, 5) is 10.1. The Hall–Kier alpha value is -0.120. The molecule has 0 bridgehead atoms. The lowest BCUT2D eigenvalue weighted by Gasteiger charge is -2.17. The first-order valence-corrected chi connectivity index (χ1v) is 4.46. The van der Waals surface area contributed by atoms with Crippen molar-refractivity contribution in [3.63, 3.8) is 0 Å². The molecule has 3 nitrogen and oxygen atoms in total. The van der Waals surface area contributed by atoms with Crippen LogP contribution in [-0.2, 0) is 9.78 Å². The molecule has 0 saturated carbocycles. The predicted octanol–water partition coefficient (Wildman–Crippen LogP) is 1.73. The zero-order valence-electron chi connectivity index (χ0n) is 8.81. The molecule has 0 amide bonds. The molecule has 0 aromatic carbocycles. The molecule has 1 N–H and O–H groups in total. The van der Waals surface area contributed by atoms with Crippen molar-refractivity contribution in [1.29, 1.82) is 0 Å². The van der Waals surface area contributed by atoms with E-state index in [-0.39, 0.29) is 5.60 Å². The highest BCUT2D eigenvalue weighted by atomic mass is 17.2. The van der Waals surface area contributed by atoms with Gasteiger partial charge < -0.3 is 5.32 Å². The Labute approximate surface area is 75.4 Å². The number of hydrogen-bond acceptors (Lipinski definition) is 3. The highest BCUT2D eigenvalue weighted by Crippen LogP contribution is 2.06. The fourth-order valence-electron chi connectivity index (χ4n) is 0.608. The molecule has 0 radical (unpaired) electrons. The first-order chi connectivity index (χ1) is 5.42. The van der Waals surface area contributed by atoms with E-state index in [1.165, 1.54) is 0 Å². The standard InChI is InChI=1S/C9H21NO2/c1-8(2)10-6-7-11-12-9(3,4)5/h8,10H,6-7H2,1-5H3. The van der Waals surface area contributed by atoms with Crippen molar-refractivity contribution >= 4 is 0 Å². The first kappa shape index (κ1) is 11.9. The molecule has 0 atom stereocenters. The van der Waals surface area contributed by atoms with Gasteiger partial charge in [-0.2, -0.15) is 0 Å². The minimum atomic E-state index is -0.210. The van der Waals surface area contributed by atoms with Gasteiger partial charge in [-0.1, -0.05) is 13.8 Å². The van der Waals surface area contributed by atoms with E-state index in [1.54, 1.807) is 0 Å². The molecule has 0 aliphatic rings. The predicted molar refractivity (Wildman–Crippen MR) is 49.9 cm³/mol. The van der Waals surface area contributed by atoms with E-state index in [0.717, 1.165) is 6.54 Å². The summed E-state index contributed by atoms with van der Waals surface area (Å²) in [6.07, 6.45) is 0. The SMILES string of the molecule is CC(C)NCCOOC(C)(C)C. The smallest absolute Gasteiger partial charge is 0.0952 e. The third-order valence-corrected chi connectivity index (χ3v) is 1.05. The van der Waals surface area contributed by atoms with Crippen molar-refractivity contribution in [2.45, 2.75) is 46.3 Å². The van der Waals surface area contributed by atoms with Crippen LogP contribution < -0.4 is 5.32 Å². The second-order valence-corrected chi connectivity index (χ2v) is 4.13. The molecule has 0 rings (SSSR count). The Kier molecular flexibility index (Phi) is 5.46. The maximum Gasteiger partial charge on any atom is 0.0952 e. The average molecular weight is 175 g/mol. The molecule has 0 aliphatic carbocycles. The molecule has 0 aromatic rings. The van der Waals surface area contributed by atoms with E-state index < -0.39 is 0 Å². The molecule has 3 heteroatoms. The van der Waals surface area contributed by atoms with Crippen molar-refractivity contribution in [3.05, 3.63) is 0 Å². The van der Waals surface area contributed by atoms with Crippen molar-refractivity contribution in [3.8, 4) is 0 Å². The summed E-state index contributed by atoms with van der Waals surface area (Å²) in [6, 6.07) is 0.503. The Morgan fingerprint density at radius 1 is 1.25 bits per heavy atom. The van der Waals surface area contributed by atoms with Gasteiger partial charge in [0.1, 0.15) is 0 Å². The molecule has 0 aromatic heterocycles. The van der Waals surface area contributed by atoms with Gasteiger partial charge in [0.2, 0.25) is 0 Å². The summed E-state index contributed by atoms with van der Waals surface area (Å²) in [6.45, 7) is 11.5. The van der Waals surface area contributed by atoms with E-state index in [2.05, 4.69) is 19.2 Å². The van der Waals surface area contributed by atoms with E-state index >= 15 is 0 Å². The third kappa shape index (κ3) is 9.88. The van der Waals surface area contributed by atoms with Gasteiger partial charge in [0, 0.05) is 12.6 Å². The molecule has 0 spiro atoms. The van der Waals surface area contributed by atoms with Gasteiger partial charge in [-0.3, -0.25) is 0 Å². The van der Waals surface area contributed by atoms with Gasteiger partial charge in [0.05, 0.1) is 12.2 Å². The van der Waals surface area contributed by atoms with Crippen LogP contribution in [0.5, 0.6) is 0 Å². The molecule has 12 heavy (non-hydrogen) atoms. The van der Waals surface area contributed by atoms with Crippen LogP contribution in [0.3, 0.4) is 0 Å². The van der Waals surface area contributed by atoms with E-state index in [4.69, 9.17) is 9.78 Å². The fourth-order valence-corrected chi connectivity index (χ4v) is 0.608. The molecular formula is C9H21NO2. The van der Waals surface area contributed by atoms with Gasteiger partial charge >= 0.3 is 0 Å². The third-order valence-electron chi connectivity index (χ3n) is 1.05. The van der Waals surface area contributed by atoms with Crippen LogP contribution >= 0.6 is 0 Å². The molecule has 74 valence electrons. The Morgan fingerprint density at radius 3 is 2.25 bits per heavy atom. The van der Waals surface area contributed by atoms with Crippen molar-refractivity contribution in [2.24, 2.45) is 0 Å². The summed E-state index contributed by atoms with van der Waals surface area (Å²) in [5.74, 6) is 0. The summed E-state index contributed by atoms with van der Waals surface area (Å²) in [5, 5.41) is 3.23. The van der Waals surface area contributed by atoms with Crippen LogP contribution in [0.15, 0.2) is 0 Å². The second kappa shape index (κ2) is 5.51. The van der Waals surface area contributed by atoms with Crippen LogP contribution in [0.4, 0.5) is 0 Å². The summed E-state index contributed by atoms with van der Waals surface area (Å²) < 4.78 is 0. The molecule has 0 heterocycles. The van der Waals surface area contributed by atoms with Crippen molar-refractivity contribution in [1.82, 2.24) is 5.32 Å². The van der Waals surface area contributed by atoms with Crippen LogP contribution in [0.25, 0.3) is 0 Å². The normalized spacial score (nSPS) is 12.5. The lowest BCUT2D eigenvalue weighted by atomic mass is 10.2. The Balaban J connectivity index is 3.12. The van der Waals surface area contributed by atoms with E-state index in [9.17, 15) is 0 Å². The summed E-state index contributed by atoms with van der Waals surface area (Å²) in [5.41, 5.74) is -0.210. The molecule has 0 aliphatic heterocycles. The number of hydrogen-bond donors (Lipinski definition) is 1. The minimum absolute atomic E-state index is 0.210. The Bertz CT molecular complexity index is 108. The van der Waals surface area contributed by atoms with Gasteiger partial charge in [0.15, 0.2) is 0 Å². The zero-order valence-corrected chi connectivity index (χ0v) is 8.81. The van der Waals surface area contributed by atoms with Crippen LogP contribution in [0, 0.1) is 0 Å². The highest BCUT2D eigenvalue weighted by molar-refractivity contribution is 4.55. The first-order valence-electron chi connectivity index (χ1n) is 4.46. The largest absolute Gasteiger partial charge is 0.312 e. The van der Waals surface area contributed by atoms with Gasteiger partial charge in [-0.05, 0) is 20.8 Å². The van der Waals surface area contributed by atoms with Gasteiger partial charge in [0.25, 0.3) is 0 Å². The van der Waals surface area contributed by atoms with Crippen molar-refractivity contribution < 1.29 is 9.78 Å². The lowest BCUT2D eigenvalue weighted by Crippen LogP contribution is -2.28. The lowest BCUT2D eigenvalue weighted by molar-refractivity contribution is -0.347. The number of rotatable bonds is 5. The number of nitrogens with one attached hydrogen (secondary N) is 1. The zero-order chi connectivity index (χ0) is 9.61. The van der Waals surface area contributed by atoms with E-state index in [1.807, 2.05) is 20.8 Å². The van der Waals surface area contributed by atoms with Crippen LogP contribution in [0.2, 0.25) is 0 Å². The van der Waals surface area contributed by atoms with Gasteiger partial charge in [-0.25, -0.2) is 9.78 Å². The summed E-state index contributed by atoms with van der Waals surface area (Å²) >= 11 is 0.